The van der Waals surface area contributed by atoms with Crippen molar-refractivity contribution in [3.05, 3.63) is 51.7 Å². The van der Waals surface area contributed by atoms with Gasteiger partial charge in [-0.2, -0.15) is 13.2 Å². The lowest BCUT2D eigenvalue weighted by atomic mass is 10.1. The smallest absolute Gasteiger partial charge is 0.421 e. The summed E-state index contributed by atoms with van der Waals surface area (Å²) in [6, 6.07) is 0.778. The van der Waals surface area contributed by atoms with Crippen molar-refractivity contribution >= 4 is 12.0 Å². The molecule has 8 nitrogen and oxygen atoms in total. The van der Waals surface area contributed by atoms with Crippen LogP contribution in [0.5, 0.6) is 0 Å². The first-order valence-electron chi connectivity index (χ1n) is 10.1. The van der Waals surface area contributed by atoms with Gasteiger partial charge in [-0.05, 0) is 36.0 Å². The summed E-state index contributed by atoms with van der Waals surface area (Å²) >= 11 is 0. The number of piperazine rings is 1. The minimum atomic E-state index is -4.73. The van der Waals surface area contributed by atoms with E-state index in [1.807, 2.05) is 17.3 Å². The molecular weight excluding hydrogens is 415 g/mol. The number of halogens is 3. The Bertz CT molecular complexity index is 981. The van der Waals surface area contributed by atoms with Gasteiger partial charge >= 0.3 is 12.3 Å². The van der Waals surface area contributed by atoms with Crippen LogP contribution in [0.1, 0.15) is 35.4 Å². The second-order valence-corrected chi connectivity index (χ2v) is 7.68. The Morgan fingerprint density at radius 1 is 1.16 bits per heavy atom. The molecule has 2 aromatic rings. The number of hydrogen-bond acceptors (Lipinski definition) is 6. The summed E-state index contributed by atoms with van der Waals surface area (Å²) in [4.78, 5) is 38.0. The average Bonchev–Trinajstić information content (AvgIpc) is 3.60. The largest absolute Gasteiger partial charge is 0.449 e. The van der Waals surface area contributed by atoms with Crippen molar-refractivity contribution < 1.29 is 22.7 Å². The van der Waals surface area contributed by atoms with Crippen molar-refractivity contribution in [3.8, 4) is 0 Å². The highest BCUT2D eigenvalue weighted by atomic mass is 19.4. The van der Waals surface area contributed by atoms with E-state index in [-0.39, 0.29) is 18.6 Å². The number of ether oxygens (including phenoxy) is 1. The van der Waals surface area contributed by atoms with Crippen LogP contribution in [-0.4, -0.2) is 58.7 Å². The minimum Gasteiger partial charge on any atom is -0.449 e. The van der Waals surface area contributed by atoms with Crippen molar-refractivity contribution in [2.24, 2.45) is 0 Å². The fourth-order valence-electron chi connectivity index (χ4n) is 3.44. The van der Waals surface area contributed by atoms with Gasteiger partial charge in [-0.25, -0.2) is 14.8 Å². The summed E-state index contributed by atoms with van der Waals surface area (Å²) in [6.07, 6.45) is 2.10. The number of amides is 1. The molecule has 2 aliphatic rings. The molecule has 0 unspecified atom stereocenters. The van der Waals surface area contributed by atoms with Crippen molar-refractivity contribution in [3.63, 3.8) is 0 Å². The van der Waals surface area contributed by atoms with Crippen LogP contribution in [0.15, 0.2) is 29.5 Å². The normalized spacial score (nSPS) is 17.0. The van der Waals surface area contributed by atoms with Gasteiger partial charge in [-0.1, -0.05) is 0 Å². The second kappa shape index (κ2) is 8.56. The topological polar surface area (TPSA) is 91.4 Å². The van der Waals surface area contributed by atoms with Gasteiger partial charge in [0.15, 0.2) is 0 Å². The highest BCUT2D eigenvalue weighted by molar-refractivity contribution is 5.68. The number of alkyl halides is 3. The number of aromatic amines is 1. The van der Waals surface area contributed by atoms with Crippen molar-refractivity contribution in [2.75, 3.05) is 37.7 Å². The predicted octanol–water partition coefficient (Wildman–Crippen LogP) is 2.56. The predicted molar refractivity (Wildman–Crippen MR) is 105 cm³/mol. The maximum Gasteiger partial charge on any atom is 0.421 e. The van der Waals surface area contributed by atoms with Crippen molar-refractivity contribution in [2.45, 2.75) is 31.4 Å². The van der Waals surface area contributed by atoms with Crippen LogP contribution in [0.2, 0.25) is 0 Å². The lowest BCUT2D eigenvalue weighted by molar-refractivity contribution is -0.138. The lowest BCUT2D eigenvalue weighted by Gasteiger charge is -2.34. The summed E-state index contributed by atoms with van der Waals surface area (Å²) in [5.74, 6) is 1.23. The molecule has 1 aliphatic heterocycles. The van der Waals surface area contributed by atoms with Gasteiger partial charge < -0.3 is 19.5 Å². The highest BCUT2D eigenvalue weighted by Gasteiger charge is 2.34. The Kier molecular flexibility index (Phi) is 5.84. The molecule has 1 N–H and O–H groups in total. The third kappa shape index (κ3) is 5.15. The van der Waals surface area contributed by atoms with Gasteiger partial charge in [0.05, 0.1) is 6.61 Å². The summed E-state index contributed by atoms with van der Waals surface area (Å²) in [5.41, 5.74) is -1.07. The fourth-order valence-corrected chi connectivity index (χ4v) is 3.44. The zero-order valence-electron chi connectivity index (χ0n) is 16.7. The molecule has 31 heavy (non-hydrogen) atoms. The van der Waals surface area contributed by atoms with Crippen LogP contribution >= 0.6 is 0 Å². The van der Waals surface area contributed by atoms with E-state index in [4.69, 9.17) is 4.74 Å². The van der Waals surface area contributed by atoms with E-state index >= 15 is 0 Å². The number of hydrogen-bond donors (Lipinski definition) is 1. The summed E-state index contributed by atoms with van der Waals surface area (Å²) < 4.78 is 43.6. The number of aromatic nitrogens is 3. The Labute approximate surface area is 176 Å². The van der Waals surface area contributed by atoms with E-state index in [1.165, 1.54) is 19.0 Å². The lowest BCUT2D eigenvalue weighted by Crippen LogP contribution is -2.49. The van der Waals surface area contributed by atoms with Gasteiger partial charge in [0.1, 0.15) is 5.56 Å². The Hall–Kier alpha value is -3.11. The maximum absolute atomic E-state index is 12.8. The minimum absolute atomic E-state index is 0.0622. The molecule has 4 rings (SSSR count). The SMILES string of the molecule is O=C(OCCc1c[nH]c(=O)c(C(F)(F)F)c1)N1CCN(c2ncc(C3CC3)cn2)CC1. The fraction of sp³-hybridized carbons (Fsp3) is 0.500. The van der Waals surface area contributed by atoms with Gasteiger partial charge in [-0.3, -0.25) is 4.79 Å². The molecule has 166 valence electrons. The molecule has 2 aromatic heterocycles. The number of H-pyrrole nitrogens is 1. The number of nitrogens with zero attached hydrogens (tertiary/aromatic N) is 4. The van der Waals surface area contributed by atoms with Crippen LogP contribution in [0, 0.1) is 0 Å². The van der Waals surface area contributed by atoms with E-state index in [9.17, 15) is 22.8 Å². The number of anilines is 1. The molecule has 0 aromatic carbocycles. The average molecular weight is 437 g/mol. The zero-order chi connectivity index (χ0) is 22.0. The van der Waals surface area contributed by atoms with E-state index in [0.717, 1.165) is 11.6 Å². The third-order valence-corrected chi connectivity index (χ3v) is 5.41. The third-order valence-electron chi connectivity index (χ3n) is 5.41. The zero-order valence-corrected chi connectivity index (χ0v) is 16.7. The summed E-state index contributed by atoms with van der Waals surface area (Å²) in [7, 11) is 0. The quantitative estimate of drug-likeness (QED) is 0.773. The van der Waals surface area contributed by atoms with Gasteiger partial charge in [0.2, 0.25) is 5.95 Å². The summed E-state index contributed by atoms with van der Waals surface area (Å²) in [6.45, 7) is 1.90. The van der Waals surface area contributed by atoms with Crippen LogP contribution in [0.25, 0.3) is 0 Å². The first-order chi connectivity index (χ1) is 14.8. The van der Waals surface area contributed by atoms with Crippen LogP contribution < -0.4 is 10.5 Å². The molecule has 1 amide bonds. The molecule has 0 radical (unpaired) electrons. The van der Waals surface area contributed by atoms with Gasteiger partial charge in [0.25, 0.3) is 5.56 Å². The number of rotatable bonds is 5. The van der Waals surface area contributed by atoms with E-state index < -0.39 is 23.4 Å². The molecule has 1 saturated carbocycles. The highest BCUT2D eigenvalue weighted by Crippen LogP contribution is 2.39. The van der Waals surface area contributed by atoms with Crippen LogP contribution in [0.4, 0.5) is 23.9 Å². The Morgan fingerprint density at radius 3 is 2.45 bits per heavy atom. The monoisotopic (exact) mass is 437 g/mol. The van der Waals surface area contributed by atoms with Crippen molar-refractivity contribution in [1.82, 2.24) is 19.9 Å². The van der Waals surface area contributed by atoms with E-state index in [1.54, 1.807) is 4.90 Å². The van der Waals surface area contributed by atoms with Crippen LogP contribution in [-0.2, 0) is 17.3 Å². The standard InChI is InChI=1S/C20H22F3N5O3/c21-20(22,23)16-9-13(10-24-17(16)29)3-8-31-19(30)28-6-4-27(5-7-28)18-25-11-15(12-26-18)14-1-2-14/h9-12,14H,1-8H2,(H,24,29). The maximum atomic E-state index is 12.8. The first kappa shape index (κ1) is 21.1. The molecule has 2 fully saturated rings. The molecule has 0 bridgehead atoms. The molecule has 1 aliphatic carbocycles. The Balaban J connectivity index is 1.23. The summed E-state index contributed by atoms with van der Waals surface area (Å²) in [5, 5.41) is 0. The molecule has 11 heteroatoms. The number of nitrogens with one attached hydrogen (secondary N) is 1. The first-order valence-corrected chi connectivity index (χ1v) is 10.1. The molecule has 3 heterocycles. The van der Waals surface area contributed by atoms with E-state index in [2.05, 4.69) is 15.0 Å². The number of carbonyl (C=O) groups excluding carboxylic acids is 1. The molecular formula is C20H22F3N5O3. The number of pyridine rings is 1. The molecule has 1 saturated heterocycles. The van der Waals surface area contributed by atoms with Gasteiger partial charge in [0, 0.05) is 51.2 Å². The molecule has 0 atom stereocenters. The van der Waals surface area contributed by atoms with E-state index in [0.29, 0.717) is 38.0 Å². The molecule has 0 spiro atoms. The van der Waals surface area contributed by atoms with Gasteiger partial charge in [-0.15, -0.1) is 0 Å². The van der Waals surface area contributed by atoms with Crippen LogP contribution in [0.3, 0.4) is 0 Å². The van der Waals surface area contributed by atoms with Crippen molar-refractivity contribution in [1.29, 1.82) is 0 Å². The second-order valence-electron chi connectivity index (χ2n) is 7.68. The Morgan fingerprint density at radius 2 is 1.84 bits per heavy atom. The number of carbonyl (C=O) groups is 1.